The molecular formula is C24H33ClN2O4. The van der Waals surface area contributed by atoms with Crippen molar-refractivity contribution in [1.29, 1.82) is 0 Å². The Hall–Kier alpha value is -2.28. The summed E-state index contributed by atoms with van der Waals surface area (Å²) in [5.74, 6) is -0.897. The SMILES string of the molecule is CCCC(c1ccc(O)c(O)c1)(C1CCNCC1)C(OC)(C(N)=O)c1ccccc1.Cl. The highest BCUT2D eigenvalue weighted by Crippen LogP contribution is 2.55. The summed E-state index contributed by atoms with van der Waals surface area (Å²) < 4.78 is 6.14. The number of halogens is 1. The second kappa shape index (κ2) is 10.4. The van der Waals surface area contributed by atoms with Crippen LogP contribution < -0.4 is 11.1 Å². The second-order valence-electron chi connectivity index (χ2n) is 8.06. The molecule has 0 spiro atoms. The fraction of sp³-hybridized carbons (Fsp3) is 0.458. The Balaban J connectivity index is 0.00000341. The molecule has 2 unspecified atom stereocenters. The average Bonchev–Trinajstić information content (AvgIpc) is 2.77. The minimum absolute atomic E-state index is 0. The molecule has 0 radical (unpaired) electrons. The summed E-state index contributed by atoms with van der Waals surface area (Å²) in [5, 5.41) is 23.7. The minimum Gasteiger partial charge on any atom is -0.504 e. The first-order valence-electron chi connectivity index (χ1n) is 10.6. The van der Waals surface area contributed by atoms with E-state index in [1.54, 1.807) is 12.1 Å². The van der Waals surface area contributed by atoms with Gasteiger partial charge in [-0.25, -0.2) is 0 Å². The van der Waals surface area contributed by atoms with Crippen LogP contribution in [-0.2, 0) is 20.5 Å². The number of phenolic OH excluding ortho intramolecular Hbond substituents is 2. The van der Waals surface area contributed by atoms with Crippen LogP contribution in [0, 0.1) is 5.92 Å². The number of piperidine rings is 1. The first kappa shape index (κ1) is 25.0. The molecule has 7 heteroatoms. The molecule has 1 amide bonds. The Morgan fingerprint density at radius 3 is 2.26 bits per heavy atom. The first-order chi connectivity index (χ1) is 14.4. The highest BCUT2D eigenvalue weighted by atomic mass is 35.5. The Morgan fingerprint density at radius 2 is 1.74 bits per heavy atom. The van der Waals surface area contributed by atoms with Gasteiger partial charge in [0, 0.05) is 12.5 Å². The largest absolute Gasteiger partial charge is 0.504 e. The molecule has 1 saturated heterocycles. The third kappa shape index (κ3) is 4.12. The molecule has 1 fully saturated rings. The van der Waals surface area contributed by atoms with Crippen LogP contribution in [0.2, 0.25) is 0 Å². The zero-order valence-corrected chi connectivity index (χ0v) is 19.0. The van der Waals surface area contributed by atoms with Gasteiger partial charge in [-0.3, -0.25) is 4.79 Å². The molecule has 1 aliphatic heterocycles. The molecule has 5 N–H and O–H groups in total. The number of hydrogen-bond donors (Lipinski definition) is 4. The quantitative estimate of drug-likeness (QED) is 0.462. The lowest BCUT2D eigenvalue weighted by Crippen LogP contribution is -2.62. The lowest BCUT2D eigenvalue weighted by atomic mass is 9.53. The van der Waals surface area contributed by atoms with Gasteiger partial charge in [-0.05, 0) is 61.5 Å². The molecule has 0 saturated carbocycles. The van der Waals surface area contributed by atoms with E-state index < -0.39 is 16.9 Å². The number of rotatable bonds is 8. The van der Waals surface area contributed by atoms with Crippen LogP contribution in [0.3, 0.4) is 0 Å². The van der Waals surface area contributed by atoms with Crippen molar-refractivity contribution in [2.45, 2.75) is 43.6 Å². The Kier molecular flexibility index (Phi) is 8.34. The van der Waals surface area contributed by atoms with Crippen LogP contribution in [0.5, 0.6) is 11.5 Å². The molecular weight excluding hydrogens is 416 g/mol. The van der Waals surface area contributed by atoms with Gasteiger partial charge in [0.15, 0.2) is 17.1 Å². The van der Waals surface area contributed by atoms with Crippen molar-refractivity contribution < 1.29 is 19.7 Å². The zero-order valence-electron chi connectivity index (χ0n) is 18.1. The third-order valence-corrected chi connectivity index (χ3v) is 6.63. The van der Waals surface area contributed by atoms with Crippen molar-refractivity contribution in [2.24, 2.45) is 11.7 Å². The Labute approximate surface area is 190 Å². The summed E-state index contributed by atoms with van der Waals surface area (Å²) in [7, 11) is 1.53. The van der Waals surface area contributed by atoms with E-state index in [0.717, 1.165) is 37.9 Å². The number of nitrogens with one attached hydrogen (secondary N) is 1. The standard InChI is InChI=1S/C24H32N2O4.ClH/c1-3-13-23(17-11-14-26-15-12-17,19-9-10-20(27)21(28)16-19)24(30-2,22(25)29)18-7-5-4-6-8-18;/h4-10,16-17,26-28H,3,11-15H2,1-2H3,(H2,25,29);1H. The third-order valence-electron chi connectivity index (χ3n) is 6.63. The molecule has 0 aliphatic carbocycles. The fourth-order valence-corrected chi connectivity index (χ4v) is 5.45. The predicted octanol–water partition coefficient (Wildman–Crippen LogP) is 3.58. The van der Waals surface area contributed by atoms with Gasteiger partial charge in [-0.1, -0.05) is 49.7 Å². The van der Waals surface area contributed by atoms with Crippen molar-refractivity contribution in [3.63, 3.8) is 0 Å². The maximum atomic E-state index is 13.3. The maximum Gasteiger partial charge on any atom is 0.255 e. The molecule has 170 valence electrons. The summed E-state index contributed by atoms with van der Waals surface area (Å²) in [4.78, 5) is 13.3. The van der Waals surface area contributed by atoms with E-state index in [4.69, 9.17) is 10.5 Å². The van der Waals surface area contributed by atoms with Crippen LogP contribution in [0.1, 0.15) is 43.7 Å². The van der Waals surface area contributed by atoms with Gasteiger partial charge in [0.1, 0.15) is 0 Å². The lowest BCUT2D eigenvalue weighted by Gasteiger charge is -2.54. The number of methoxy groups -OCH3 is 1. The number of carbonyl (C=O) groups excluding carboxylic acids is 1. The number of nitrogens with two attached hydrogens (primary N) is 1. The maximum absolute atomic E-state index is 13.3. The van der Waals surface area contributed by atoms with Crippen molar-refractivity contribution in [2.75, 3.05) is 20.2 Å². The first-order valence-corrected chi connectivity index (χ1v) is 10.6. The number of hydrogen-bond acceptors (Lipinski definition) is 5. The predicted molar refractivity (Wildman–Crippen MR) is 124 cm³/mol. The summed E-state index contributed by atoms with van der Waals surface area (Å²) in [5.41, 5.74) is 5.33. The van der Waals surface area contributed by atoms with E-state index in [1.165, 1.54) is 13.2 Å². The molecule has 0 aromatic heterocycles. The number of aromatic hydroxyl groups is 2. The van der Waals surface area contributed by atoms with Crippen molar-refractivity contribution >= 4 is 18.3 Å². The van der Waals surface area contributed by atoms with Crippen LogP contribution in [0.15, 0.2) is 48.5 Å². The minimum atomic E-state index is -1.43. The van der Waals surface area contributed by atoms with Gasteiger partial charge in [0.25, 0.3) is 5.91 Å². The van der Waals surface area contributed by atoms with E-state index in [2.05, 4.69) is 12.2 Å². The summed E-state index contributed by atoms with van der Waals surface area (Å²) in [6.07, 6.45) is 3.10. The number of phenols is 2. The summed E-state index contributed by atoms with van der Waals surface area (Å²) in [6, 6.07) is 14.2. The monoisotopic (exact) mass is 448 g/mol. The molecule has 1 aliphatic rings. The number of amides is 1. The Bertz CT molecular complexity index is 873. The number of benzene rings is 2. The van der Waals surface area contributed by atoms with E-state index in [-0.39, 0.29) is 29.8 Å². The van der Waals surface area contributed by atoms with Crippen molar-refractivity contribution in [3.05, 3.63) is 59.7 Å². The van der Waals surface area contributed by atoms with Gasteiger partial charge >= 0.3 is 0 Å². The topological polar surface area (TPSA) is 105 Å². The van der Waals surface area contributed by atoms with Crippen LogP contribution in [-0.4, -0.2) is 36.3 Å². The van der Waals surface area contributed by atoms with E-state index in [0.29, 0.717) is 12.0 Å². The Morgan fingerprint density at radius 1 is 1.10 bits per heavy atom. The summed E-state index contributed by atoms with van der Waals surface area (Å²) >= 11 is 0. The fourth-order valence-electron chi connectivity index (χ4n) is 5.45. The molecule has 0 bridgehead atoms. The van der Waals surface area contributed by atoms with Gasteiger partial charge in [-0.2, -0.15) is 0 Å². The molecule has 6 nitrogen and oxygen atoms in total. The summed E-state index contributed by atoms with van der Waals surface area (Å²) in [6.45, 7) is 3.73. The van der Waals surface area contributed by atoms with Gasteiger partial charge in [0.2, 0.25) is 0 Å². The number of ether oxygens (including phenoxy) is 1. The van der Waals surface area contributed by atoms with E-state index in [1.807, 2.05) is 30.3 Å². The number of carbonyl (C=O) groups is 1. The second-order valence-corrected chi connectivity index (χ2v) is 8.06. The van der Waals surface area contributed by atoms with Gasteiger partial charge in [-0.15, -0.1) is 12.4 Å². The van der Waals surface area contributed by atoms with Gasteiger partial charge < -0.3 is 26.0 Å². The highest BCUT2D eigenvalue weighted by Gasteiger charge is 2.61. The normalized spacial score (nSPS) is 18.4. The zero-order chi connectivity index (χ0) is 21.8. The van der Waals surface area contributed by atoms with Gasteiger partial charge in [0.05, 0.1) is 0 Å². The van der Waals surface area contributed by atoms with Crippen LogP contribution >= 0.6 is 12.4 Å². The van der Waals surface area contributed by atoms with Crippen LogP contribution in [0.4, 0.5) is 0 Å². The van der Waals surface area contributed by atoms with Crippen molar-refractivity contribution in [1.82, 2.24) is 5.32 Å². The smallest absolute Gasteiger partial charge is 0.255 e. The molecule has 1 heterocycles. The average molecular weight is 449 g/mol. The molecule has 3 rings (SSSR count). The van der Waals surface area contributed by atoms with E-state index in [9.17, 15) is 15.0 Å². The van der Waals surface area contributed by atoms with Crippen LogP contribution in [0.25, 0.3) is 0 Å². The molecule has 2 aromatic carbocycles. The highest BCUT2D eigenvalue weighted by molar-refractivity contribution is 5.88. The lowest BCUT2D eigenvalue weighted by molar-refractivity contribution is -0.161. The molecule has 31 heavy (non-hydrogen) atoms. The molecule has 2 atom stereocenters. The number of primary amides is 1. The molecule has 2 aromatic rings. The van der Waals surface area contributed by atoms with E-state index >= 15 is 0 Å². The van der Waals surface area contributed by atoms with Crippen molar-refractivity contribution in [3.8, 4) is 11.5 Å².